The molecule has 4 aliphatic rings. The normalized spacial score (nSPS) is 34.4. The monoisotopic (exact) mass is 524 g/mol. The van der Waals surface area contributed by atoms with E-state index < -0.39 is 0 Å². The third-order valence-corrected chi connectivity index (χ3v) is 11.4. The van der Waals surface area contributed by atoms with Crippen molar-refractivity contribution in [2.24, 2.45) is 34.5 Å². The molecule has 39 heavy (non-hydrogen) atoms. The third-order valence-electron chi connectivity index (χ3n) is 11.4. The molecule has 1 N–H and O–H groups in total. The van der Waals surface area contributed by atoms with Gasteiger partial charge in [-0.2, -0.15) is 0 Å². The van der Waals surface area contributed by atoms with Gasteiger partial charge in [-0.1, -0.05) is 80.1 Å². The molecule has 0 unspecified atom stereocenters. The van der Waals surface area contributed by atoms with Crippen LogP contribution in [0, 0.1) is 41.4 Å². The van der Waals surface area contributed by atoms with E-state index in [9.17, 15) is 9.59 Å². The summed E-state index contributed by atoms with van der Waals surface area (Å²) >= 11 is 0. The standard InChI is InChI=1S/C35H44N2O2/c1-23-10-12-24(13-11-23)22-30(25-8-6-5-7-9-25)36-33(39)29-16-15-27-26-14-17-31-35(3,21-19-32(38)37(31)4)28(26)18-20-34(27,29)2/h5-13,17,26-30H,14-16,18-22H2,1-4H3,(H,36,39)/t26-,27-,28-,29+,30-,34-,35+/m0/s1. The summed E-state index contributed by atoms with van der Waals surface area (Å²) < 4.78 is 0. The Bertz CT molecular complexity index is 1270. The number of carbonyl (C=O) groups excluding carboxylic acids is 2. The van der Waals surface area contributed by atoms with Crippen LogP contribution in [-0.4, -0.2) is 23.8 Å². The molecule has 4 nitrogen and oxygen atoms in total. The minimum atomic E-state index is -0.0326. The highest BCUT2D eigenvalue weighted by molar-refractivity contribution is 5.81. The van der Waals surface area contributed by atoms with E-state index in [0.29, 0.717) is 24.2 Å². The van der Waals surface area contributed by atoms with Crippen molar-refractivity contribution in [1.29, 1.82) is 0 Å². The van der Waals surface area contributed by atoms with Gasteiger partial charge in [-0.15, -0.1) is 0 Å². The van der Waals surface area contributed by atoms with Gasteiger partial charge in [0.05, 0.1) is 6.04 Å². The maximum atomic E-state index is 14.1. The summed E-state index contributed by atoms with van der Waals surface area (Å²) in [5.41, 5.74) is 5.06. The maximum Gasteiger partial charge on any atom is 0.226 e. The van der Waals surface area contributed by atoms with Crippen molar-refractivity contribution in [2.45, 2.75) is 78.2 Å². The zero-order valence-corrected chi connectivity index (χ0v) is 24.1. The van der Waals surface area contributed by atoms with Crippen LogP contribution in [0.4, 0.5) is 0 Å². The lowest BCUT2D eigenvalue weighted by Crippen LogP contribution is -2.54. The number of rotatable bonds is 5. The van der Waals surface area contributed by atoms with Gasteiger partial charge in [0.25, 0.3) is 0 Å². The number of allylic oxidation sites excluding steroid dienone is 2. The van der Waals surface area contributed by atoms with Crippen molar-refractivity contribution in [3.63, 3.8) is 0 Å². The van der Waals surface area contributed by atoms with Gasteiger partial charge in [0.15, 0.2) is 0 Å². The van der Waals surface area contributed by atoms with E-state index in [0.717, 1.165) is 44.9 Å². The fourth-order valence-electron chi connectivity index (χ4n) is 9.18. The minimum Gasteiger partial charge on any atom is -0.349 e. The Balaban J connectivity index is 1.22. The van der Waals surface area contributed by atoms with Crippen LogP contribution < -0.4 is 5.32 Å². The van der Waals surface area contributed by atoms with Crippen LogP contribution in [0.25, 0.3) is 0 Å². The molecule has 1 aliphatic heterocycles. The average Bonchev–Trinajstić information content (AvgIpc) is 3.30. The number of amides is 2. The molecule has 0 bridgehead atoms. The predicted molar refractivity (Wildman–Crippen MR) is 156 cm³/mol. The molecule has 1 heterocycles. The lowest BCUT2D eigenvalue weighted by Gasteiger charge is -2.58. The minimum absolute atomic E-state index is 0.0326. The van der Waals surface area contributed by atoms with E-state index in [1.54, 1.807) is 0 Å². The first kappa shape index (κ1) is 26.3. The van der Waals surface area contributed by atoms with Gasteiger partial charge < -0.3 is 10.2 Å². The zero-order chi connectivity index (χ0) is 27.4. The van der Waals surface area contributed by atoms with Crippen LogP contribution in [0.3, 0.4) is 0 Å². The number of hydrogen-bond donors (Lipinski definition) is 1. The molecule has 1 saturated heterocycles. The summed E-state index contributed by atoms with van der Waals surface area (Å²) in [6.07, 6.45) is 10.2. The van der Waals surface area contributed by atoms with Crippen LogP contribution in [0.15, 0.2) is 66.4 Å². The topological polar surface area (TPSA) is 49.4 Å². The molecule has 3 fully saturated rings. The van der Waals surface area contributed by atoms with Gasteiger partial charge in [-0.05, 0) is 86.2 Å². The fraction of sp³-hybridized carbons (Fsp3) is 0.543. The van der Waals surface area contributed by atoms with Crippen molar-refractivity contribution >= 4 is 11.8 Å². The molecule has 2 amide bonds. The molecule has 206 valence electrons. The molecule has 0 radical (unpaired) electrons. The Labute approximate surface area is 234 Å². The zero-order valence-electron chi connectivity index (χ0n) is 24.1. The van der Waals surface area contributed by atoms with E-state index in [2.05, 4.69) is 80.7 Å². The highest BCUT2D eigenvalue weighted by Crippen LogP contribution is 2.66. The van der Waals surface area contributed by atoms with E-state index in [-0.39, 0.29) is 34.6 Å². The van der Waals surface area contributed by atoms with Crippen LogP contribution >= 0.6 is 0 Å². The smallest absolute Gasteiger partial charge is 0.226 e. The van der Waals surface area contributed by atoms with Crippen molar-refractivity contribution in [3.8, 4) is 0 Å². The van der Waals surface area contributed by atoms with Crippen LogP contribution in [0.2, 0.25) is 0 Å². The summed E-state index contributed by atoms with van der Waals surface area (Å²) in [7, 11) is 1.97. The Morgan fingerprint density at radius 2 is 1.74 bits per heavy atom. The molecule has 3 aliphatic carbocycles. The van der Waals surface area contributed by atoms with Crippen molar-refractivity contribution in [1.82, 2.24) is 10.2 Å². The largest absolute Gasteiger partial charge is 0.349 e. The predicted octanol–water partition coefficient (Wildman–Crippen LogP) is 7.00. The summed E-state index contributed by atoms with van der Waals surface area (Å²) in [4.78, 5) is 28.5. The quantitative estimate of drug-likeness (QED) is 0.458. The number of nitrogens with zero attached hydrogens (tertiary/aromatic N) is 1. The average molecular weight is 525 g/mol. The summed E-state index contributed by atoms with van der Waals surface area (Å²) in [6, 6.07) is 19.1. The molecular weight excluding hydrogens is 480 g/mol. The first-order valence-electron chi connectivity index (χ1n) is 15.1. The number of benzene rings is 2. The summed E-state index contributed by atoms with van der Waals surface area (Å²) in [5, 5.41) is 3.54. The molecule has 0 spiro atoms. The number of nitrogens with one attached hydrogen (secondary N) is 1. The lowest BCUT2D eigenvalue weighted by molar-refractivity contribution is -0.138. The number of likely N-dealkylation sites (tertiary alicyclic amines) is 1. The van der Waals surface area contributed by atoms with Gasteiger partial charge >= 0.3 is 0 Å². The number of carbonyl (C=O) groups is 2. The second-order valence-corrected chi connectivity index (χ2v) is 13.4. The van der Waals surface area contributed by atoms with Crippen LogP contribution in [0.5, 0.6) is 0 Å². The molecule has 2 aromatic rings. The van der Waals surface area contributed by atoms with Gasteiger partial charge in [0.1, 0.15) is 0 Å². The van der Waals surface area contributed by atoms with Crippen molar-refractivity contribution in [3.05, 3.63) is 83.1 Å². The van der Waals surface area contributed by atoms with Crippen molar-refractivity contribution < 1.29 is 9.59 Å². The van der Waals surface area contributed by atoms with E-state index in [1.165, 1.54) is 22.4 Å². The van der Waals surface area contributed by atoms with Gasteiger partial charge in [0.2, 0.25) is 11.8 Å². The highest BCUT2D eigenvalue weighted by Gasteiger charge is 2.60. The van der Waals surface area contributed by atoms with Crippen LogP contribution in [-0.2, 0) is 16.0 Å². The van der Waals surface area contributed by atoms with Crippen LogP contribution in [0.1, 0.15) is 81.5 Å². The fourth-order valence-corrected chi connectivity index (χ4v) is 9.18. The van der Waals surface area contributed by atoms with Gasteiger partial charge in [-0.25, -0.2) is 0 Å². The Morgan fingerprint density at radius 1 is 1.00 bits per heavy atom. The molecule has 6 rings (SSSR count). The highest BCUT2D eigenvalue weighted by atomic mass is 16.2. The molecule has 2 saturated carbocycles. The number of fused-ring (bicyclic) bond motifs is 5. The molecule has 0 aromatic heterocycles. The number of aryl methyl sites for hydroxylation is 1. The number of hydrogen-bond acceptors (Lipinski definition) is 2. The number of piperidine rings is 1. The van der Waals surface area contributed by atoms with Crippen molar-refractivity contribution in [2.75, 3.05) is 7.05 Å². The Hall–Kier alpha value is -2.88. The Morgan fingerprint density at radius 3 is 2.49 bits per heavy atom. The maximum absolute atomic E-state index is 14.1. The van der Waals surface area contributed by atoms with E-state index in [1.807, 2.05) is 18.0 Å². The summed E-state index contributed by atoms with van der Waals surface area (Å²) in [6.45, 7) is 6.94. The van der Waals surface area contributed by atoms with Gasteiger partial charge in [0, 0.05) is 30.5 Å². The summed E-state index contributed by atoms with van der Waals surface area (Å²) in [5.74, 6) is 2.33. The van der Waals surface area contributed by atoms with Gasteiger partial charge in [-0.3, -0.25) is 9.59 Å². The molecule has 4 heteroatoms. The Kier molecular flexibility index (Phi) is 6.72. The molecular formula is C35H44N2O2. The second-order valence-electron chi connectivity index (χ2n) is 13.4. The first-order valence-corrected chi connectivity index (χ1v) is 15.1. The molecule has 2 aromatic carbocycles. The lowest BCUT2D eigenvalue weighted by atomic mass is 9.49. The first-order chi connectivity index (χ1) is 18.7. The SMILES string of the molecule is Cc1ccc(C[C@H](NC(=O)[C@H]2CC[C@H]3[C@@H]4CC=C5N(C)C(=O)CC[C@]5(C)[C@H]4CC[C@]23C)c2ccccc2)cc1. The second kappa shape index (κ2) is 9.94. The van der Waals surface area contributed by atoms with E-state index in [4.69, 9.17) is 0 Å². The molecule has 7 atom stereocenters. The van der Waals surface area contributed by atoms with E-state index >= 15 is 0 Å². The third kappa shape index (κ3) is 4.44.